The Kier molecular flexibility index (Phi) is 6.15. The van der Waals surface area contributed by atoms with E-state index in [-0.39, 0.29) is 19.2 Å². The van der Waals surface area contributed by atoms with Crippen molar-refractivity contribution in [3.8, 4) is 0 Å². The number of imidazole rings is 1. The number of benzene rings is 1. The fourth-order valence-electron chi connectivity index (χ4n) is 3.06. The van der Waals surface area contributed by atoms with Crippen LogP contribution in [0, 0.1) is 6.92 Å². The van der Waals surface area contributed by atoms with Crippen molar-refractivity contribution in [3.05, 3.63) is 59.7 Å². The Morgan fingerprint density at radius 1 is 1.36 bits per heavy atom. The third-order valence-corrected chi connectivity index (χ3v) is 4.88. The number of likely N-dealkylation sites (tertiary alicyclic amines) is 1. The van der Waals surface area contributed by atoms with Gasteiger partial charge in [-0.1, -0.05) is 36.4 Å². The standard InChI is InChI=1S/C19H23N3O5S/c1-14-11-20-18(21-14)9-8-16-10-17(27-28(2,24)25)12-22(16)19(23)26-13-15-6-4-3-5-7-15/h3-9,11,16-17H,10,12-13H2,1-2H3,(H,20,21)/t16-,17-/m1/s1. The molecule has 1 amide bonds. The molecule has 28 heavy (non-hydrogen) atoms. The number of carbonyl (C=O) groups is 1. The van der Waals surface area contributed by atoms with Crippen molar-refractivity contribution in [1.82, 2.24) is 14.9 Å². The van der Waals surface area contributed by atoms with Gasteiger partial charge in [-0.25, -0.2) is 9.78 Å². The molecular weight excluding hydrogens is 382 g/mol. The number of aryl methyl sites for hydroxylation is 1. The monoisotopic (exact) mass is 405 g/mol. The summed E-state index contributed by atoms with van der Waals surface area (Å²) in [5.41, 5.74) is 1.79. The number of carbonyl (C=O) groups excluding carboxylic acids is 1. The van der Waals surface area contributed by atoms with Gasteiger partial charge in [-0.15, -0.1) is 0 Å². The summed E-state index contributed by atoms with van der Waals surface area (Å²) >= 11 is 0. The molecule has 1 aromatic carbocycles. The summed E-state index contributed by atoms with van der Waals surface area (Å²) in [4.78, 5) is 21.4. The van der Waals surface area contributed by atoms with Crippen LogP contribution in [0.2, 0.25) is 0 Å². The van der Waals surface area contributed by atoms with Crippen LogP contribution in [-0.2, 0) is 25.6 Å². The van der Waals surface area contributed by atoms with Gasteiger partial charge in [0.15, 0.2) is 0 Å². The first-order chi connectivity index (χ1) is 13.3. The lowest BCUT2D eigenvalue weighted by atomic mass is 10.2. The number of aromatic amines is 1. The van der Waals surface area contributed by atoms with Gasteiger partial charge in [-0.3, -0.25) is 9.08 Å². The van der Waals surface area contributed by atoms with E-state index in [2.05, 4.69) is 9.97 Å². The lowest BCUT2D eigenvalue weighted by Crippen LogP contribution is -2.35. The molecule has 0 spiro atoms. The highest BCUT2D eigenvalue weighted by atomic mass is 32.2. The average molecular weight is 405 g/mol. The molecule has 8 nitrogen and oxygen atoms in total. The predicted molar refractivity (Wildman–Crippen MR) is 104 cm³/mol. The van der Waals surface area contributed by atoms with Crippen LogP contribution in [0.1, 0.15) is 23.5 Å². The fraction of sp³-hybridized carbons (Fsp3) is 0.368. The number of rotatable bonds is 6. The van der Waals surface area contributed by atoms with Gasteiger partial charge in [-0.05, 0) is 18.6 Å². The predicted octanol–water partition coefficient (Wildman–Crippen LogP) is 2.49. The molecule has 1 aliphatic rings. The van der Waals surface area contributed by atoms with Crippen molar-refractivity contribution in [2.45, 2.75) is 32.1 Å². The largest absolute Gasteiger partial charge is 0.445 e. The number of hydrogen-bond donors (Lipinski definition) is 1. The van der Waals surface area contributed by atoms with E-state index in [0.29, 0.717) is 12.2 Å². The highest BCUT2D eigenvalue weighted by Gasteiger charge is 2.37. The summed E-state index contributed by atoms with van der Waals surface area (Å²) in [5, 5.41) is 0. The van der Waals surface area contributed by atoms with E-state index in [1.165, 1.54) is 4.90 Å². The molecule has 2 heterocycles. The maximum atomic E-state index is 12.6. The zero-order valence-electron chi connectivity index (χ0n) is 15.7. The highest BCUT2D eigenvalue weighted by Crippen LogP contribution is 2.24. The van der Waals surface area contributed by atoms with E-state index in [0.717, 1.165) is 17.5 Å². The first-order valence-corrected chi connectivity index (χ1v) is 10.7. The van der Waals surface area contributed by atoms with Crippen LogP contribution in [0.4, 0.5) is 4.79 Å². The minimum atomic E-state index is -3.62. The zero-order valence-corrected chi connectivity index (χ0v) is 16.6. The van der Waals surface area contributed by atoms with Crippen LogP contribution in [0.25, 0.3) is 6.08 Å². The van der Waals surface area contributed by atoms with Gasteiger partial charge in [0, 0.05) is 18.3 Å². The van der Waals surface area contributed by atoms with E-state index >= 15 is 0 Å². The van der Waals surface area contributed by atoms with E-state index in [1.54, 1.807) is 18.3 Å². The van der Waals surface area contributed by atoms with Gasteiger partial charge in [0.05, 0.1) is 24.9 Å². The van der Waals surface area contributed by atoms with Gasteiger partial charge in [0.25, 0.3) is 10.1 Å². The molecule has 0 bridgehead atoms. The highest BCUT2D eigenvalue weighted by molar-refractivity contribution is 7.86. The molecule has 0 aliphatic carbocycles. The van der Waals surface area contributed by atoms with Crippen molar-refractivity contribution in [2.24, 2.45) is 0 Å². The van der Waals surface area contributed by atoms with Gasteiger partial charge in [0.2, 0.25) is 0 Å². The summed E-state index contributed by atoms with van der Waals surface area (Å²) in [7, 11) is -3.62. The SMILES string of the molecule is Cc1cnc(C=C[C@@H]2C[C@@H](OS(C)(=O)=O)CN2C(=O)OCc2ccccc2)[nH]1. The Balaban J connectivity index is 1.70. The molecular formula is C19H23N3O5S. The summed E-state index contributed by atoms with van der Waals surface area (Å²) in [6, 6.07) is 8.99. The van der Waals surface area contributed by atoms with Gasteiger partial charge in [-0.2, -0.15) is 8.42 Å². The first kappa shape index (κ1) is 20.1. The van der Waals surface area contributed by atoms with Crippen molar-refractivity contribution in [2.75, 3.05) is 12.8 Å². The normalized spacial score (nSPS) is 20.0. The number of ether oxygens (including phenoxy) is 1. The molecule has 1 aliphatic heterocycles. The van der Waals surface area contributed by atoms with Crippen molar-refractivity contribution in [3.63, 3.8) is 0 Å². The van der Waals surface area contributed by atoms with Crippen molar-refractivity contribution < 1.29 is 22.1 Å². The first-order valence-electron chi connectivity index (χ1n) is 8.85. The second-order valence-corrected chi connectivity index (χ2v) is 8.33. The Hall–Kier alpha value is -2.65. The van der Waals surface area contributed by atoms with Crippen LogP contribution in [0.5, 0.6) is 0 Å². The summed E-state index contributed by atoms with van der Waals surface area (Å²) in [6.07, 6.45) is 5.48. The maximum absolute atomic E-state index is 12.6. The molecule has 2 atom stereocenters. The topological polar surface area (TPSA) is 102 Å². The van der Waals surface area contributed by atoms with E-state index in [9.17, 15) is 13.2 Å². The Morgan fingerprint density at radius 2 is 2.11 bits per heavy atom. The average Bonchev–Trinajstić information content (AvgIpc) is 3.23. The number of aromatic nitrogens is 2. The molecule has 0 radical (unpaired) electrons. The van der Waals surface area contributed by atoms with E-state index < -0.39 is 22.3 Å². The molecule has 1 N–H and O–H groups in total. The number of amides is 1. The number of nitrogens with one attached hydrogen (secondary N) is 1. The molecule has 2 aromatic rings. The van der Waals surface area contributed by atoms with Crippen LogP contribution in [0.15, 0.2) is 42.6 Å². The molecule has 1 fully saturated rings. The summed E-state index contributed by atoms with van der Waals surface area (Å²) < 4.78 is 33.4. The number of H-pyrrole nitrogens is 1. The zero-order chi connectivity index (χ0) is 20.1. The molecule has 150 valence electrons. The second kappa shape index (κ2) is 8.57. The van der Waals surface area contributed by atoms with E-state index in [4.69, 9.17) is 8.92 Å². The second-order valence-electron chi connectivity index (χ2n) is 6.73. The van der Waals surface area contributed by atoms with Crippen LogP contribution in [0.3, 0.4) is 0 Å². The lowest BCUT2D eigenvalue weighted by molar-refractivity contribution is 0.0938. The Bertz CT molecular complexity index is 939. The van der Waals surface area contributed by atoms with Gasteiger partial charge >= 0.3 is 6.09 Å². The molecule has 0 unspecified atom stereocenters. The van der Waals surface area contributed by atoms with Crippen molar-refractivity contribution >= 4 is 22.3 Å². The fourth-order valence-corrected chi connectivity index (χ4v) is 3.69. The molecule has 1 aromatic heterocycles. The quantitative estimate of drug-likeness (QED) is 0.741. The molecule has 9 heteroatoms. The van der Waals surface area contributed by atoms with Gasteiger partial charge < -0.3 is 9.72 Å². The number of hydrogen-bond acceptors (Lipinski definition) is 6. The lowest BCUT2D eigenvalue weighted by Gasteiger charge is -2.21. The molecule has 0 saturated carbocycles. The van der Waals surface area contributed by atoms with Gasteiger partial charge in [0.1, 0.15) is 12.4 Å². The van der Waals surface area contributed by atoms with Crippen LogP contribution < -0.4 is 0 Å². The maximum Gasteiger partial charge on any atom is 0.410 e. The van der Waals surface area contributed by atoms with Crippen LogP contribution in [-0.4, -0.2) is 54.3 Å². The number of nitrogens with zero attached hydrogens (tertiary/aromatic N) is 2. The smallest absolute Gasteiger partial charge is 0.410 e. The Morgan fingerprint density at radius 3 is 2.75 bits per heavy atom. The van der Waals surface area contributed by atoms with Crippen molar-refractivity contribution in [1.29, 1.82) is 0 Å². The third-order valence-electron chi connectivity index (χ3n) is 4.25. The minimum absolute atomic E-state index is 0.132. The van der Waals surface area contributed by atoms with Crippen LogP contribution >= 0.6 is 0 Å². The molecule has 1 saturated heterocycles. The molecule has 3 rings (SSSR count). The summed E-state index contributed by atoms with van der Waals surface area (Å²) in [6.45, 7) is 2.16. The minimum Gasteiger partial charge on any atom is -0.445 e. The third kappa shape index (κ3) is 5.67. The Labute approximate surface area is 164 Å². The van der Waals surface area contributed by atoms with E-state index in [1.807, 2.05) is 37.3 Å². The summed E-state index contributed by atoms with van der Waals surface area (Å²) in [5.74, 6) is 0.655.